The number of halogens is 1. The normalized spacial score (nSPS) is 25.1. The smallest absolute Gasteiger partial charge is 0.193 e. The largest absolute Gasteiger partial charge is 0.370 e. The van der Waals surface area contributed by atoms with E-state index in [9.17, 15) is 0 Å². The molecule has 3 N–H and O–H groups in total. The van der Waals surface area contributed by atoms with Gasteiger partial charge in [0.2, 0.25) is 0 Å². The van der Waals surface area contributed by atoms with Gasteiger partial charge < -0.3 is 16.0 Å². The monoisotopic (exact) mass is 430 g/mol. The second-order valence-electron chi connectivity index (χ2n) is 7.02. The summed E-state index contributed by atoms with van der Waals surface area (Å²) in [5, 5.41) is 3.20. The first-order chi connectivity index (χ1) is 10.4. The van der Waals surface area contributed by atoms with Gasteiger partial charge in [-0.05, 0) is 57.5 Å². The molecule has 1 fully saturated rings. The van der Waals surface area contributed by atoms with Gasteiger partial charge in [-0.2, -0.15) is 0 Å². The van der Waals surface area contributed by atoms with Crippen molar-refractivity contribution in [1.29, 1.82) is 0 Å². The van der Waals surface area contributed by atoms with Crippen LogP contribution in [0.5, 0.6) is 0 Å². The van der Waals surface area contributed by atoms with Crippen LogP contribution >= 0.6 is 24.0 Å². The predicted molar refractivity (Wildman–Crippen MR) is 111 cm³/mol. The molecule has 23 heavy (non-hydrogen) atoms. The SMILES string of the molecule is Cc1cccc(NC(N)=NCC2(N(C)C)CCCC(C)C2)c1.I. The lowest BCUT2D eigenvalue weighted by Crippen LogP contribution is -2.50. The summed E-state index contributed by atoms with van der Waals surface area (Å²) in [7, 11) is 4.33. The second kappa shape index (κ2) is 8.87. The van der Waals surface area contributed by atoms with Crippen LogP contribution < -0.4 is 11.1 Å². The number of likely N-dealkylation sites (N-methyl/N-ethyl adjacent to an activating group) is 1. The lowest BCUT2D eigenvalue weighted by atomic mass is 9.75. The van der Waals surface area contributed by atoms with Gasteiger partial charge in [-0.1, -0.05) is 31.9 Å². The highest BCUT2D eigenvalue weighted by Gasteiger charge is 2.36. The summed E-state index contributed by atoms with van der Waals surface area (Å²) >= 11 is 0. The Kier molecular flexibility index (Phi) is 7.80. The molecule has 130 valence electrons. The Morgan fingerprint density at radius 1 is 1.43 bits per heavy atom. The zero-order chi connectivity index (χ0) is 16.2. The van der Waals surface area contributed by atoms with Crippen molar-refractivity contribution in [3.8, 4) is 0 Å². The fourth-order valence-corrected chi connectivity index (χ4v) is 3.47. The second-order valence-corrected chi connectivity index (χ2v) is 7.02. The molecule has 1 aromatic carbocycles. The number of anilines is 1. The van der Waals surface area contributed by atoms with Gasteiger partial charge in [-0.3, -0.25) is 4.99 Å². The Morgan fingerprint density at radius 3 is 2.78 bits per heavy atom. The molecule has 0 amide bonds. The van der Waals surface area contributed by atoms with E-state index in [1.54, 1.807) is 0 Å². The number of rotatable bonds is 4. The van der Waals surface area contributed by atoms with Gasteiger partial charge >= 0.3 is 0 Å². The molecule has 2 atom stereocenters. The zero-order valence-corrected chi connectivity index (χ0v) is 17.1. The minimum absolute atomic E-state index is 0. The third-order valence-corrected chi connectivity index (χ3v) is 4.85. The third kappa shape index (κ3) is 5.64. The summed E-state index contributed by atoms with van der Waals surface area (Å²) in [5.41, 5.74) is 8.45. The van der Waals surface area contributed by atoms with Crippen LogP contribution in [0.4, 0.5) is 5.69 Å². The Hall–Kier alpha value is -0.820. The lowest BCUT2D eigenvalue weighted by molar-refractivity contribution is 0.0846. The van der Waals surface area contributed by atoms with Crippen LogP contribution in [0.3, 0.4) is 0 Å². The molecule has 0 aromatic heterocycles. The molecule has 0 bridgehead atoms. The number of hydrogen-bond donors (Lipinski definition) is 2. The van der Waals surface area contributed by atoms with E-state index >= 15 is 0 Å². The highest BCUT2D eigenvalue weighted by Crippen LogP contribution is 2.35. The first-order valence-corrected chi connectivity index (χ1v) is 8.22. The summed E-state index contributed by atoms with van der Waals surface area (Å²) in [5.74, 6) is 1.27. The van der Waals surface area contributed by atoms with Crippen LogP contribution in [-0.4, -0.2) is 37.0 Å². The Bertz CT molecular complexity index is 530. The van der Waals surface area contributed by atoms with Crippen molar-refractivity contribution >= 4 is 35.6 Å². The van der Waals surface area contributed by atoms with E-state index in [1.807, 2.05) is 12.1 Å². The standard InChI is InChI=1S/C18H30N4.HI/c1-14-7-5-9-16(11-14)21-17(19)20-13-18(22(3)4)10-6-8-15(2)12-18;/h5,7,9,11,15H,6,8,10,12-13H2,1-4H3,(H3,19,20,21);1H. The van der Waals surface area contributed by atoms with Crippen LogP contribution in [0, 0.1) is 12.8 Å². The van der Waals surface area contributed by atoms with Crippen molar-refractivity contribution in [1.82, 2.24) is 4.90 Å². The van der Waals surface area contributed by atoms with Gasteiger partial charge in [0, 0.05) is 11.2 Å². The van der Waals surface area contributed by atoms with Crippen molar-refractivity contribution in [2.75, 3.05) is 26.0 Å². The maximum absolute atomic E-state index is 6.09. The van der Waals surface area contributed by atoms with Gasteiger partial charge in [-0.25, -0.2) is 0 Å². The molecule has 0 aliphatic heterocycles. The molecule has 1 aliphatic rings. The molecule has 0 radical (unpaired) electrons. The summed E-state index contributed by atoms with van der Waals surface area (Å²) in [6.45, 7) is 5.17. The molecular weight excluding hydrogens is 399 g/mol. The summed E-state index contributed by atoms with van der Waals surface area (Å²) < 4.78 is 0. The van der Waals surface area contributed by atoms with Gasteiger partial charge in [0.15, 0.2) is 5.96 Å². The maximum atomic E-state index is 6.09. The van der Waals surface area contributed by atoms with Crippen LogP contribution in [0.25, 0.3) is 0 Å². The van der Waals surface area contributed by atoms with Crippen LogP contribution in [-0.2, 0) is 0 Å². The summed E-state index contributed by atoms with van der Waals surface area (Å²) in [6.07, 6.45) is 5.00. The molecular formula is C18H31IN4. The van der Waals surface area contributed by atoms with Gasteiger partial charge in [0.25, 0.3) is 0 Å². The molecule has 2 rings (SSSR count). The quantitative estimate of drug-likeness (QED) is 0.434. The summed E-state index contributed by atoms with van der Waals surface area (Å²) in [4.78, 5) is 6.98. The molecule has 5 heteroatoms. The van der Waals surface area contributed by atoms with E-state index in [-0.39, 0.29) is 29.5 Å². The molecule has 0 heterocycles. The topological polar surface area (TPSA) is 53.6 Å². The summed E-state index contributed by atoms with van der Waals surface area (Å²) in [6, 6.07) is 8.19. The minimum Gasteiger partial charge on any atom is -0.370 e. The van der Waals surface area contributed by atoms with Gasteiger partial charge in [-0.15, -0.1) is 24.0 Å². The number of aliphatic imine (C=N–C) groups is 1. The van der Waals surface area contributed by atoms with Crippen molar-refractivity contribution in [2.24, 2.45) is 16.6 Å². The Morgan fingerprint density at radius 2 is 2.17 bits per heavy atom. The van der Waals surface area contributed by atoms with Crippen LogP contribution in [0.1, 0.15) is 38.2 Å². The maximum Gasteiger partial charge on any atom is 0.193 e. The van der Waals surface area contributed by atoms with E-state index in [0.29, 0.717) is 5.96 Å². The Labute approximate surface area is 157 Å². The molecule has 0 spiro atoms. The van der Waals surface area contributed by atoms with Crippen molar-refractivity contribution in [2.45, 2.75) is 45.1 Å². The number of nitrogens with two attached hydrogens (primary N) is 1. The number of nitrogens with one attached hydrogen (secondary N) is 1. The van der Waals surface area contributed by atoms with Crippen LogP contribution in [0.2, 0.25) is 0 Å². The zero-order valence-electron chi connectivity index (χ0n) is 14.8. The van der Waals surface area contributed by atoms with Gasteiger partial charge in [0.05, 0.1) is 6.54 Å². The predicted octanol–water partition coefficient (Wildman–Crippen LogP) is 3.85. The molecule has 0 saturated heterocycles. The Balaban J connectivity index is 0.00000264. The van der Waals surface area contributed by atoms with Crippen molar-refractivity contribution in [3.05, 3.63) is 29.8 Å². The van der Waals surface area contributed by atoms with Gasteiger partial charge in [0.1, 0.15) is 0 Å². The van der Waals surface area contributed by atoms with Crippen LogP contribution in [0.15, 0.2) is 29.3 Å². The fourth-order valence-electron chi connectivity index (χ4n) is 3.47. The van der Waals surface area contributed by atoms with Crippen molar-refractivity contribution in [3.63, 3.8) is 0 Å². The first-order valence-electron chi connectivity index (χ1n) is 8.22. The average molecular weight is 430 g/mol. The first kappa shape index (κ1) is 20.2. The number of aryl methyl sites for hydroxylation is 1. The van der Waals surface area contributed by atoms with E-state index in [2.05, 4.69) is 55.3 Å². The highest BCUT2D eigenvalue weighted by molar-refractivity contribution is 14.0. The lowest BCUT2D eigenvalue weighted by Gasteiger charge is -2.44. The number of guanidine groups is 1. The molecule has 1 aliphatic carbocycles. The fraction of sp³-hybridized carbons (Fsp3) is 0.611. The van der Waals surface area contributed by atoms with E-state index in [4.69, 9.17) is 5.73 Å². The number of hydrogen-bond acceptors (Lipinski definition) is 2. The minimum atomic E-state index is 0. The molecule has 4 nitrogen and oxygen atoms in total. The molecule has 2 unspecified atom stereocenters. The number of nitrogens with zero attached hydrogens (tertiary/aromatic N) is 2. The van der Waals surface area contributed by atoms with E-state index < -0.39 is 0 Å². The average Bonchev–Trinajstić information content (AvgIpc) is 2.45. The molecule has 1 aromatic rings. The van der Waals surface area contributed by atoms with E-state index in [1.165, 1.54) is 31.2 Å². The molecule has 1 saturated carbocycles. The third-order valence-electron chi connectivity index (χ3n) is 4.85. The highest BCUT2D eigenvalue weighted by atomic mass is 127. The van der Waals surface area contributed by atoms with Crippen molar-refractivity contribution < 1.29 is 0 Å². The number of benzene rings is 1. The van der Waals surface area contributed by atoms with E-state index in [0.717, 1.165) is 18.2 Å².